The molecule has 4 aromatic heterocycles. The standard InChI is InChI=1S/C23H18F2N6O2S/c1-13-16-9-27-18(17-10-28-30-6-2-5-26-22(17)30)8-19(16)31(29-13)20-7-14(34-15-11-32-12-15)3-4-21(20)33-23(24)25/h2-10,15,23H,11-12H2,1H3. The molecule has 172 valence electrons. The van der Waals surface area contributed by atoms with Crippen LogP contribution in [0.5, 0.6) is 5.75 Å². The average molecular weight is 481 g/mol. The van der Waals surface area contributed by atoms with E-state index in [4.69, 9.17) is 9.47 Å². The Labute approximate surface area is 196 Å². The molecule has 1 aliphatic heterocycles. The molecular formula is C23H18F2N6O2S. The lowest BCUT2D eigenvalue weighted by Crippen LogP contribution is -2.30. The van der Waals surface area contributed by atoms with Crippen LogP contribution in [0.15, 0.2) is 60.0 Å². The molecule has 1 fully saturated rings. The van der Waals surface area contributed by atoms with E-state index in [1.165, 1.54) is 0 Å². The fraction of sp³-hybridized carbons (Fsp3) is 0.217. The third-order valence-corrected chi connectivity index (χ3v) is 6.72. The van der Waals surface area contributed by atoms with Crippen LogP contribution in [-0.2, 0) is 4.74 Å². The van der Waals surface area contributed by atoms with Crippen molar-refractivity contribution in [3.05, 3.63) is 60.8 Å². The van der Waals surface area contributed by atoms with E-state index in [1.807, 2.05) is 25.3 Å². The van der Waals surface area contributed by atoms with Gasteiger partial charge in [-0.15, -0.1) is 11.8 Å². The summed E-state index contributed by atoms with van der Waals surface area (Å²) in [6, 6.07) is 8.82. The Morgan fingerprint density at radius 2 is 2.06 bits per heavy atom. The van der Waals surface area contributed by atoms with Crippen LogP contribution in [0.1, 0.15) is 5.69 Å². The summed E-state index contributed by atoms with van der Waals surface area (Å²) in [5.41, 5.74) is 3.94. The third-order valence-electron chi connectivity index (χ3n) is 5.59. The van der Waals surface area contributed by atoms with Crippen molar-refractivity contribution in [3.8, 4) is 22.7 Å². The number of hydrogen-bond acceptors (Lipinski definition) is 7. The first-order valence-electron chi connectivity index (χ1n) is 10.5. The molecule has 8 nitrogen and oxygen atoms in total. The fourth-order valence-corrected chi connectivity index (χ4v) is 4.94. The maximum atomic E-state index is 13.2. The number of alkyl halides is 2. The highest BCUT2D eigenvalue weighted by atomic mass is 32.2. The topological polar surface area (TPSA) is 79.4 Å². The first-order chi connectivity index (χ1) is 16.6. The fourth-order valence-electron chi connectivity index (χ4n) is 3.90. The second-order valence-corrected chi connectivity index (χ2v) is 9.19. The molecule has 0 atom stereocenters. The van der Waals surface area contributed by atoms with Gasteiger partial charge in [0.25, 0.3) is 0 Å². The number of thioether (sulfide) groups is 1. The van der Waals surface area contributed by atoms with E-state index in [0.29, 0.717) is 41.0 Å². The highest BCUT2D eigenvalue weighted by Gasteiger charge is 2.22. The number of aryl methyl sites for hydroxylation is 1. The van der Waals surface area contributed by atoms with Gasteiger partial charge in [0.05, 0.1) is 47.1 Å². The number of benzene rings is 1. The molecule has 1 aliphatic rings. The van der Waals surface area contributed by atoms with Crippen LogP contribution in [0.4, 0.5) is 8.78 Å². The van der Waals surface area contributed by atoms with Crippen LogP contribution < -0.4 is 4.74 Å². The second kappa shape index (κ2) is 8.33. The number of nitrogens with zero attached hydrogens (tertiary/aromatic N) is 6. The van der Waals surface area contributed by atoms with Crippen LogP contribution in [0.3, 0.4) is 0 Å². The number of ether oxygens (including phenoxy) is 2. The second-order valence-electron chi connectivity index (χ2n) is 7.82. The van der Waals surface area contributed by atoms with E-state index in [2.05, 4.69) is 20.2 Å². The van der Waals surface area contributed by atoms with Crippen LogP contribution in [0, 0.1) is 6.92 Å². The molecule has 0 radical (unpaired) electrons. The van der Waals surface area contributed by atoms with Crippen LogP contribution in [0.25, 0.3) is 33.5 Å². The van der Waals surface area contributed by atoms with Crippen molar-refractivity contribution in [3.63, 3.8) is 0 Å². The minimum absolute atomic E-state index is 0.0459. The zero-order valence-electron chi connectivity index (χ0n) is 17.9. The summed E-state index contributed by atoms with van der Waals surface area (Å²) < 4.78 is 39.8. The van der Waals surface area contributed by atoms with Crippen molar-refractivity contribution in [1.82, 2.24) is 29.4 Å². The molecule has 5 aromatic rings. The number of rotatable bonds is 6. The van der Waals surface area contributed by atoms with Crippen LogP contribution in [0.2, 0.25) is 0 Å². The van der Waals surface area contributed by atoms with Crippen molar-refractivity contribution < 1.29 is 18.3 Å². The van der Waals surface area contributed by atoms with E-state index in [9.17, 15) is 8.78 Å². The predicted molar refractivity (Wildman–Crippen MR) is 123 cm³/mol. The highest BCUT2D eigenvalue weighted by Crippen LogP contribution is 2.36. The van der Waals surface area contributed by atoms with Crippen molar-refractivity contribution in [2.24, 2.45) is 0 Å². The molecule has 11 heteroatoms. The van der Waals surface area contributed by atoms with Crippen LogP contribution >= 0.6 is 11.8 Å². The molecule has 0 amide bonds. The van der Waals surface area contributed by atoms with Gasteiger partial charge in [-0.2, -0.15) is 19.0 Å². The molecule has 6 rings (SSSR count). The zero-order chi connectivity index (χ0) is 23.2. The molecule has 34 heavy (non-hydrogen) atoms. The first kappa shape index (κ1) is 21.0. The molecule has 0 saturated carbocycles. The molecule has 0 unspecified atom stereocenters. The minimum atomic E-state index is -2.96. The Hall–Kier alpha value is -3.57. The summed E-state index contributed by atoms with van der Waals surface area (Å²) in [7, 11) is 0. The summed E-state index contributed by atoms with van der Waals surface area (Å²) in [5.74, 6) is 0.0459. The Morgan fingerprint density at radius 3 is 2.85 bits per heavy atom. The monoisotopic (exact) mass is 480 g/mol. The molecule has 0 aliphatic carbocycles. The van der Waals surface area contributed by atoms with Gasteiger partial charge in [0.2, 0.25) is 0 Å². The number of pyridine rings is 1. The van der Waals surface area contributed by atoms with Gasteiger partial charge >= 0.3 is 6.61 Å². The van der Waals surface area contributed by atoms with Crippen molar-refractivity contribution in [2.45, 2.75) is 23.7 Å². The van der Waals surface area contributed by atoms with Gasteiger partial charge in [-0.05, 0) is 37.3 Å². The summed E-state index contributed by atoms with van der Waals surface area (Å²) in [6.45, 7) is 0.237. The number of aromatic nitrogens is 6. The molecule has 0 N–H and O–H groups in total. The molecule has 0 spiro atoms. The Balaban J connectivity index is 1.51. The van der Waals surface area contributed by atoms with Gasteiger partial charge in [0.1, 0.15) is 5.69 Å². The predicted octanol–water partition coefficient (Wildman–Crippen LogP) is 4.53. The number of halogens is 2. The first-order valence-corrected chi connectivity index (χ1v) is 11.4. The van der Waals surface area contributed by atoms with Gasteiger partial charge in [0, 0.05) is 28.9 Å². The van der Waals surface area contributed by atoms with E-state index in [0.717, 1.165) is 21.5 Å². The summed E-state index contributed by atoms with van der Waals surface area (Å²) in [5, 5.41) is 10.1. The minimum Gasteiger partial charge on any atom is -0.433 e. The summed E-state index contributed by atoms with van der Waals surface area (Å²) in [4.78, 5) is 9.93. The molecule has 1 saturated heterocycles. The number of fused-ring (bicyclic) bond motifs is 2. The van der Waals surface area contributed by atoms with E-state index >= 15 is 0 Å². The van der Waals surface area contributed by atoms with E-state index in [-0.39, 0.29) is 5.75 Å². The van der Waals surface area contributed by atoms with Gasteiger partial charge in [0.15, 0.2) is 11.4 Å². The smallest absolute Gasteiger partial charge is 0.387 e. The average Bonchev–Trinajstić information content (AvgIpc) is 3.38. The quantitative estimate of drug-likeness (QED) is 0.353. The van der Waals surface area contributed by atoms with Crippen molar-refractivity contribution in [2.75, 3.05) is 13.2 Å². The van der Waals surface area contributed by atoms with Gasteiger partial charge in [-0.1, -0.05) is 0 Å². The highest BCUT2D eigenvalue weighted by molar-refractivity contribution is 8.00. The molecule has 1 aromatic carbocycles. The van der Waals surface area contributed by atoms with Gasteiger partial charge in [-0.25, -0.2) is 14.2 Å². The van der Waals surface area contributed by atoms with Crippen molar-refractivity contribution in [1.29, 1.82) is 0 Å². The third kappa shape index (κ3) is 3.66. The summed E-state index contributed by atoms with van der Waals surface area (Å²) >= 11 is 1.64. The largest absolute Gasteiger partial charge is 0.433 e. The SMILES string of the molecule is Cc1nn(-c2cc(SC3COC3)ccc2OC(F)F)c2cc(-c3cnn4cccnc34)ncc12. The van der Waals surface area contributed by atoms with Crippen molar-refractivity contribution >= 4 is 28.3 Å². The lowest BCUT2D eigenvalue weighted by Gasteiger charge is -2.25. The summed E-state index contributed by atoms with van der Waals surface area (Å²) in [6.07, 6.45) is 6.93. The molecular weight excluding hydrogens is 462 g/mol. The van der Waals surface area contributed by atoms with E-state index in [1.54, 1.807) is 57.7 Å². The maximum Gasteiger partial charge on any atom is 0.387 e. The Morgan fingerprint density at radius 1 is 1.18 bits per heavy atom. The molecule has 5 heterocycles. The molecule has 0 bridgehead atoms. The lowest BCUT2D eigenvalue weighted by atomic mass is 10.1. The lowest BCUT2D eigenvalue weighted by molar-refractivity contribution is -0.0499. The Kier molecular flexibility index (Phi) is 5.15. The maximum absolute atomic E-state index is 13.2. The van der Waals surface area contributed by atoms with E-state index < -0.39 is 6.61 Å². The number of hydrogen-bond donors (Lipinski definition) is 0. The normalized spacial score (nSPS) is 14.2. The zero-order valence-corrected chi connectivity index (χ0v) is 18.7. The Bertz CT molecular complexity index is 1510. The van der Waals surface area contributed by atoms with Crippen LogP contribution in [-0.4, -0.2) is 54.4 Å². The van der Waals surface area contributed by atoms with Gasteiger partial charge in [-0.3, -0.25) is 4.98 Å². The van der Waals surface area contributed by atoms with Gasteiger partial charge < -0.3 is 9.47 Å².